The number of amides is 2. The van der Waals surface area contributed by atoms with Crippen LogP contribution in [0, 0.1) is 5.41 Å². The van der Waals surface area contributed by atoms with Crippen molar-refractivity contribution in [2.45, 2.75) is 59.0 Å². The van der Waals surface area contributed by atoms with Gasteiger partial charge in [0.15, 0.2) is 0 Å². The number of carbonyl (C=O) groups excluding carboxylic acids is 2. The number of fused-ring (bicyclic) bond motifs is 3. The van der Waals surface area contributed by atoms with Crippen LogP contribution in [-0.2, 0) is 14.3 Å². The average Bonchev–Trinajstić information content (AvgIpc) is 3.09. The molecule has 0 spiro atoms. The molecule has 0 radical (unpaired) electrons. The van der Waals surface area contributed by atoms with E-state index in [1.807, 2.05) is 57.2 Å². The highest BCUT2D eigenvalue weighted by molar-refractivity contribution is 5.87. The molecular formula is C27H34N2O5. The molecule has 2 atom stereocenters. The molecule has 0 saturated carbocycles. The predicted octanol–water partition coefficient (Wildman–Crippen LogP) is 4.65. The van der Waals surface area contributed by atoms with E-state index in [0.29, 0.717) is 6.54 Å². The summed E-state index contributed by atoms with van der Waals surface area (Å²) >= 11 is 0. The predicted molar refractivity (Wildman–Crippen MR) is 131 cm³/mol. The van der Waals surface area contributed by atoms with Crippen molar-refractivity contribution < 1.29 is 24.2 Å². The number of likely N-dealkylation sites (N-methyl/N-ethyl adjacent to an activating group) is 1. The molecule has 3 rings (SSSR count). The molecule has 0 aliphatic heterocycles. The van der Waals surface area contributed by atoms with Gasteiger partial charge in [0.1, 0.15) is 12.6 Å². The molecule has 7 heteroatoms. The first kappa shape index (κ1) is 25.3. The number of carboxylic acid groups (broad SMARTS) is 1. The Kier molecular flexibility index (Phi) is 7.64. The number of hydrogen-bond donors (Lipinski definition) is 2. The van der Waals surface area contributed by atoms with Crippen molar-refractivity contribution >= 4 is 18.0 Å². The van der Waals surface area contributed by atoms with E-state index in [1.165, 1.54) is 4.90 Å². The van der Waals surface area contributed by atoms with E-state index in [0.717, 1.165) is 22.3 Å². The zero-order valence-electron chi connectivity index (χ0n) is 20.5. The fraction of sp³-hybridized carbons (Fsp3) is 0.444. The van der Waals surface area contributed by atoms with Crippen LogP contribution in [-0.4, -0.2) is 53.2 Å². The van der Waals surface area contributed by atoms with Crippen molar-refractivity contribution in [3.8, 4) is 11.1 Å². The topological polar surface area (TPSA) is 95.9 Å². The monoisotopic (exact) mass is 466 g/mol. The van der Waals surface area contributed by atoms with E-state index in [9.17, 15) is 14.4 Å². The van der Waals surface area contributed by atoms with Gasteiger partial charge in [-0.25, -0.2) is 4.79 Å². The second-order valence-electron chi connectivity index (χ2n) is 9.84. The van der Waals surface area contributed by atoms with Gasteiger partial charge in [0.25, 0.3) is 0 Å². The maximum Gasteiger partial charge on any atom is 0.407 e. The van der Waals surface area contributed by atoms with Crippen LogP contribution in [0.2, 0.25) is 0 Å². The van der Waals surface area contributed by atoms with Crippen LogP contribution in [0.4, 0.5) is 4.79 Å². The maximum absolute atomic E-state index is 13.3. The fourth-order valence-corrected chi connectivity index (χ4v) is 4.62. The summed E-state index contributed by atoms with van der Waals surface area (Å²) in [4.78, 5) is 38.8. The quantitative estimate of drug-likeness (QED) is 0.590. The molecule has 1 aliphatic carbocycles. The highest BCUT2D eigenvalue weighted by Crippen LogP contribution is 2.44. The molecule has 2 aromatic rings. The highest BCUT2D eigenvalue weighted by atomic mass is 16.5. The number of hydrogen-bond acceptors (Lipinski definition) is 4. The minimum Gasteiger partial charge on any atom is -0.481 e. The molecule has 0 saturated heterocycles. The van der Waals surface area contributed by atoms with Gasteiger partial charge in [0.2, 0.25) is 5.91 Å². The Hall–Kier alpha value is -3.35. The second kappa shape index (κ2) is 10.3. The Bertz CT molecular complexity index is 1010. The number of ether oxygens (including phenoxy) is 1. The highest BCUT2D eigenvalue weighted by Gasteiger charge is 2.38. The largest absolute Gasteiger partial charge is 0.481 e. The Morgan fingerprint density at radius 3 is 2.03 bits per heavy atom. The molecule has 2 N–H and O–H groups in total. The van der Waals surface area contributed by atoms with Gasteiger partial charge >= 0.3 is 12.1 Å². The van der Waals surface area contributed by atoms with Gasteiger partial charge in [-0.05, 0) is 41.5 Å². The lowest BCUT2D eigenvalue weighted by Crippen LogP contribution is -2.56. The normalized spacial score (nSPS) is 14.5. The Morgan fingerprint density at radius 1 is 1.03 bits per heavy atom. The minimum atomic E-state index is -0.976. The van der Waals surface area contributed by atoms with E-state index >= 15 is 0 Å². The Morgan fingerprint density at radius 2 is 1.56 bits per heavy atom. The van der Waals surface area contributed by atoms with Gasteiger partial charge in [-0.2, -0.15) is 0 Å². The first-order valence-electron chi connectivity index (χ1n) is 11.7. The average molecular weight is 467 g/mol. The number of aliphatic carboxylic acids is 1. The summed E-state index contributed by atoms with van der Waals surface area (Å²) in [5, 5.41) is 11.9. The van der Waals surface area contributed by atoms with Crippen molar-refractivity contribution in [2.24, 2.45) is 5.41 Å². The number of alkyl carbamates (subject to hydrolysis) is 1. The summed E-state index contributed by atoms with van der Waals surface area (Å²) in [7, 11) is 0. The van der Waals surface area contributed by atoms with Gasteiger partial charge in [-0.1, -0.05) is 69.3 Å². The molecule has 2 aromatic carbocycles. The molecule has 2 amide bonds. The summed E-state index contributed by atoms with van der Waals surface area (Å²) in [6, 6.07) is 14.8. The summed E-state index contributed by atoms with van der Waals surface area (Å²) in [6.45, 7) is 9.55. The van der Waals surface area contributed by atoms with Crippen LogP contribution in [0.15, 0.2) is 48.5 Å². The smallest absolute Gasteiger partial charge is 0.407 e. The first-order valence-corrected chi connectivity index (χ1v) is 11.7. The molecule has 0 aromatic heterocycles. The standard InChI is InChI=1S/C27H34N2O5/c1-6-29(17(2)15-23(30)31)25(32)24(27(3,4)5)28-26(33)34-16-22-20-13-9-7-11-18(20)19-12-8-10-14-21(19)22/h7-14,17,22,24H,6,15-16H2,1-5H3,(H,28,33)(H,30,31)/t17?,24-/m0/s1. The molecule has 0 bridgehead atoms. The van der Waals surface area contributed by atoms with Crippen LogP contribution in [0.1, 0.15) is 58.1 Å². The van der Waals surface area contributed by atoms with E-state index in [-0.39, 0.29) is 24.9 Å². The van der Waals surface area contributed by atoms with Crippen LogP contribution >= 0.6 is 0 Å². The van der Waals surface area contributed by atoms with Crippen LogP contribution in [0.25, 0.3) is 11.1 Å². The maximum atomic E-state index is 13.3. The van der Waals surface area contributed by atoms with Gasteiger partial charge in [-0.3, -0.25) is 9.59 Å². The Labute approximate surface area is 201 Å². The number of benzene rings is 2. The van der Waals surface area contributed by atoms with Crippen LogP contribution in [0.5, 0.6) is 0 Å². The molecule has 34 heavy (non-hydrogen) atoms. The lowest BCUT2D eigenvalue weighted by molar-refractivity contribution is -0.142. The van der Waals surface area contributed by atoms with Gasteiger partial charge in [-0.15, -0.1) is 0 Å². The van der Waals surface area contributed by atoms with Crippen molar-refractivity contribution in [2.75, 3.05) is 13.2 Å². The minimum absolute atomic E-state index is 0.0790. The number of nitrogens with zero attached hydrogens (tertiary/aromatic N) is 1. The van der Waals surface area contributed by atoms with Gasteiger partial charge in [0, 0.05) is 18.5 Å². The molecule has 1 aliphatic rings. The third-order valence-electron chi connectivity index (χ3n) is 6.34. The zero-order valence-corrected chi connectivity index (χ0v) is 20.5. The lowest BCUT2D eigenvalue weighted by Gasteiger charge is -2.36. The third kappa shape index (κ3) is 5.41. The molecule has 0 fully saturated rings. The van der Waals surface area contributed by atoms with E-state index in [4.69, 9.17) is 9.84 Å². The van der Waals surface area contributed by atoms with Crippen molar-refractivity contribution in [3.05, 3.63) is 59.7 Å². The van der Waals surface area contributed by atoms with Gasteiger partial charge in [0.05, 0.1) is 6.42 Å². The zero-order chi connectivity index (χ0) is 25.0. The summed E-state index contributed by atoms with van der Waals surface area (Å²) in [6.07, 6.45) is -0.835. The van der Waals surface area contributed by atoms with Crippen LogP contribution < -0.4 is 5.32 Å². The Balaban J connectivity index is 1.73. The third-order valence-corrected chi connectivity index (χ3v) is 6.34. The summed E-state index contributed by atoms with van der Waals surface area (Å²) < 4.78 is 5.64. The number of carbonyl (C=O) groups is 3. The number of rotatable bonds is 8. The number of nitrogens with one attached hydrogen (secondary N) is 1. The molecule has 7 nitrogen and oxygen atoms in total. The fourth-order valence-electron chi connectivity index (χ4n) is 4.62. The first-order chi connectivity index (χ1) is 16.0. The van der Waals surface area contributed by atoms with Crippen molar-refractivity contribution in [1.82, 2.24) is 10.2 Å². The molecule has 182 valence electrons. The van der Waals surface area contributed by atoms with Crippen molar-refractivity contribution in [3.63, 3.8) is 0 Å². The SMILES string of the molecule is CCN(C(=O)[C@H](NC(=O)OCC1c2ccccc2-c2ccccc21)C(C)(C)C)C(C)CC(=O)O. The van der Waals surface area contributed by atoms with Crippen molar-refractivity contribution in [1.29, 1.82) is 0 Å². The molecule has 1 unspecified atom stereocenters. The van der Waals surface area contributed by atoms with E-state index < -0.39 is 29.6 Å². The lowest BCUT2D eigenvalue weighted by atomic mass is 9.85. The van der Waals surface area contributed by atoms with Crippen LogP contribution in [0.3, 0.4) is 0 Å². The van der Waals surface area contributed by atoms with Gasteiger partial charge < -0.3 is 20.1 Å². The molecular weight excluding hydrogens is 432 g/mol. The summed E-state index contributed by atoms with van der Waals surface area (Å²) in [5.41, 5.74) is 3.90. The summed E-state index contributed by atoms with van der Waals surface area (Å²) in [5.74, 6) is -1.38. The van der Waals surface area contributed by atoms with E-state index in [2.05, 4.69) is 17.4 Å². The molecule has 0 heterocycles. The number of carboxylic acids is 1. The van der Waals surface area contributed by atoms with E-state index in [1.54, 1.807) is 13.8 Å². The second-order valence-corrected chi connectivity index (χ2v) is 9.84.